The molecule has 20 heavy (non-hydrogen) atoms. The molecule has 0 aliphatic carbocycles. The number of halogens is 2. The average molecular weight is 303 g/mol. The molecular weight excluding hydrogens is 291 g/mol. The van der Waals surface area contributed by atoms with Gasteiger partial charge in [0.2, 0.25) is 0 Å². The molecule has 0 aromatic heterocycles. The molecule has 0 radical (unpaired) electrons. The summed E-state index contributed by atoms with van der Waals surface area (Å²) in [4.78, 5) is 11.9. The minimum Gasteiger partial charge on any atom is -0.294 e. The van der Waals surface area contributed by atoms with Crippen LogP contribution in [0.3, 0.4) is 0 Å². The maximum atomic E-state index is 11.9. The van der Waals surface area contributed by atoms with Gasteiger partial charge in [0.25, 0.3) is 0 Å². The topological polar surface area (TPSA) is 17.1 Å². The van der Waals surface area contributed by atoms with Gasteiger partial charge < -0.3 is 0 Å². The van der Waals surface area contributed by atoms with Crippen LogP contribution in [0.15, 0.2) is 42.5 Å². The zero-order chi connectivity index (χ0) is 14.3. The van der Waals surface area contributed by atoms with Crippen molar-refractivity contribution in [3.63, 3.8) is 0 Å². The number of carbonyl (C=O) groups is 1. The fraction of sp³-hybridized carbons (Fsp3) is 0.118. The first-order chi connectivity index (χ1) is 9.63. The molecule has 3 heteroatoms. The minimum absolute atomic E-state index is 0.0288. The standard InChI is InChI=1S/C17H12Cl2O/c1-2-15(20)13-8-7-12-11-6-4-3-5-10(11)9-14(18)16(12)17(13)19/h3-9H,2H2,1H3. The SMILES string of the molecule is CCC(=O)c1ccc2c(c(Cl)cc3ccccc32)c1Cl. The van der Waals surface area contributed by atoms with Gasteiger partial charge in [-0.25, -0.2) is 0 Å². The van der Waals surface area contributed by atoms with E-state index in [4.69, 9.17) is 23.2 Å². The smallest absolute Gasteiger partial charge is 0.164 e. The van der Waals surface area contributed by atoms with Gasteiger partial charge in [0.15, 0.2) is 5.78 Å². The lowest BCUT2D eigenvalue weighted by atomic mass is 9.98. The molecule has 3 rings (SSSR count). The van der Waals surface area contributed by atoms with E-state index in [0.717, 1.165) is 21.5 Å². The van der Waals surface area contributed by atoms with Crippen LogP contribution < -0.4 is 0 Å². The maximum Gasteiger partial charge on any atom is 0.164 e. The number of hydrogen-bond acceptors (Lipinski definition) is 1. The third kappa shape index (κ3) is 1.98. The molecule has 0 aliphatic heterocycles. The summed E-state index contributed by atoms with van der Waals surface area (Å²) in [7, 11) is 0. The molecule has 0 spiro atoms. The Kier molecular flexibility index (Phi) is 3.41. The van der Waals surface area contributed by atoms with Crippen LogP contribution in [0.1, 0.15) is 23.7 Å². The number of rotatable bonds is 2. The van der Waals surface area contributed by atoms with Crippen molar-refractivity contribution in [2.45, 2.75) is 13.3 Å². The zero-order valence-electron chi connectivity index (χ0n) is 10.9. The van der Waals surface area contributed by atoms with Crippen LogP contribution in [-0.2, 0) is 0 Å². The summed E-state index contributed by atoms with van der Waals surface area (Å²) >= 11 is 12.8. The van der Waals surface area contributed by atoms with Crippen molar-refractivity contribution >= 4 is 50.5 Å². The van der Waals surface area contributed by atoms with E-state index in [9.17, 15) is 4.79 Å². The lowest BCUT2D eigenvalue weighted by Crippen LogP contribution is -1.98. The first kappa shape index (κ1) is 13.4. The molecule has 3 aromatic rings. The van der Waals surface area contributed by atoms with Crippen molar-refractivity contribution in [1.29, 1.82) is 0 Å². The molecular formula is C17H12Cl2O. The van der Waals surface area contributed by atoms with Gasteiger partial charge in [-0.2, -0.15) is 0 Å². The second kappa shape index (κ2) is 5.08. The van der Waals surface area contributed by atoms with Gasteiger partial charge in [-0.05, 0) is 28.3 Å². The Morgan fingerprint density at radius 1 is 1.05 bits per heavy atom. The Morgan fingerprint density at radius 2 is 1.80 bits per heavy atom. The second-order valence-corrected chi connectivity index (χ2v) is 5.49. The summed E-state index contributed by atoms with van der Waals surface area (Å²) in [5.74, 6) is 0.0288. The van der Waals surface area contributed by atoms with Gasteiger partial charge in [0.1, 0.15) is 0 Å². The number of ketones is 1. The van der Waals surface area contributed by atoms with Gasteiger partial charge in [-0.1, -0.05) is 60.5 Å². The fourth-order valence-corrected chi connectivity index (χ4v) is 3.25. The number of hydrogen-bond donors (Lipinski definition) is 0. The molecule has 3 aromatic carbocycles. The Bertz CT molecular complexity index is 837. The Morgan fingerprint density at radius 3 is 2.55 bits per heavy atom. The average Bonchev–Trinajstić information content (AvgIpc) is 2.46. The van der Waals surface area contributed by atoms with E-state index in [-0.39, 0.29) is 5.78 Å². The van der Waals surface area contributed by atoms with Crippen molar-refractivity contribution in [3.05, 3.63) is 58.1 Å². The Labute approximate surface area is 127 Å². The molecule has 1 nitrogen and oxygen atoms in total. The number of benzene rings is 3. The van der Waals surface area contributed by atoms with E-state index in [0.29, 0.717) is 22.0 Å². The van der Waals surface area contributed by atoms with Crippen LogP contribution in [0.25, 0.3) is 21.5 Å². The predicted octanol–water partition coefficient (Wildman–Crippen LogP) is 5.89. The van der Waals surface area contributed by atoms with Crippen molar-refractivity contribution in [2.24, 2.45) is 0 Å². The zero-order valence-corrected chi connectivity index (χ0v) is 12.4. The number of fused-ring (bicyclic) bond motifs is 3. The third-order valence-electron chi connectivity index (χ3n) is 3.54. The molecule has 0 saturated heterocycles. The van der Waals surface area contributed by atoms with E-state index < -0.39 is 0 Å². The highest BCUT2D eigenvalue weighted by Crippen LogP contribution is 2.38. The molecule has 0 fully saturated rings. The van der Waals surface area contributed by atoms with Crippen LogP contribution in [-0.4, -0.2) is 5.78 Å². The van der Waals surface area contributed by atoms with Crippen molar-refractivity contribution < 1.29 is 4.79 Å². The van der Waals surface area contributed by atoms with Crippen molar-refractivity contribution in [1.82, 2.24) is 0 Å². The number of carbonyl (C=O) groups excluding carboxylic acids is 1. The molecule has 0 unspecified atom stereocenters. The summed E-state index contributed by atoms with van der Waals surface area (Å²) in [5.41, 5.74) is 0.541. The van der Waals surface area contributed by atoms with E-state index in [1.807, 2.05) is 43.3 Å². The molecule has 0 aliphatic rings. The van der Waals surface area contributed by atoms with Crippen LogP contribution in [0.5, 0.6) is 0 Å². The van der Waals surface area contributed by atoms with E-state index in [2.05, 4.69) is 0 Å². The van der Waals surface area contributed by atoms with Crippen LogP contribution >= 0.6 is 23.2 Å². The molecule has 0 saturated carbocycles. The molecule has 0 N–H and O–H groups in total. The Hall–Kier alpha value is -1.57. The molecule has 0 atom stereocenters. The van der Waals surface area contributed by atoms with Gasteiger partial charge in [-0.3, -0.25) is 4.79 Å². The number of Topliss-reactive ketones (excluding diaryl/α,β-unsaturated/α-hetero) is 1. The van der Waals surface area contributed by atoms with Crippen LogP contribution in [0.4, 0.5) is 0 Å². The molecule has 100 valence electrons. The van der Waals surface area contributed by atoms with E-state index in [1.54, 1.807) is 6.07 Å². The fourth-order valence-electron chi connectivity index (χ4n) is 2.52. The largest absolute Gasteiger partial charge is 0.294 e. The minimum atomic E-state index is 0.0288. The van der Waals surface area contributed by atoms with Gasteiger partial charge in [0.05, 0.1) is 10.0 Å². The van der Waals surface area contributed by atoms with Gasteiger partial charge in [-0.15, -0.1) is 0 Å². The lowest BCUT2D eigenvalue weighted by Gasteiger charge is -2.10. The summed E-state index contributed by atoms with van der Waals surface area (Å²) in [6.07, 6.45) is 0.427. The summed E-state index contributed by atoms with van der Waals surface area (Å²) < 4.78 is 0. The van der Waals surface area contributed by atoms with Crippen LogP contribution in [0.2, 0.25) is 10.0 Å². The highest BCUT2D eigenvalue weighted by atomic mass is 35.5. The van der Waals surface area contributed by atoms with Crippen molar-refractivity contribution in [2.75, 3.05) is 0 Å². The van der Waals surface area contributed by atoms with Gasteiger partial charge in [0, 0.05) is 17.4 Å². The second-order valence-electron chi connectivity index (χ2n) is 4.71. The summed E-state index contributed by atoms with van der Waals surface area (Å²) in [5, 5.41) is 4.91. The van der Waals surface area contributed by atoms with Gasteiger partial charge >= 0.3 is 0 Å². The third-order valence-corrected chi connectivity index (χ3v) is 4.23. The summed E-state index contributed by atoms with van der Waals surface area (Å²) in [6.45, 7) is 1.82. The Balaban J connectivity index is 2.47. The lowest BCUT2D eigenvalue weighted by molar-refractivity contribution is 0.0988. The first-order valence-corrected chi connectivity index (χ1v) is 7.21. The monoisotopic (exact) mass is 302 g/mol. The predicted molar refractivity (Wildman–Crippen MR) is 86.1 cm³/mol. The quantitative estimate of drug-likeness (QED) is 0.426. The molecule has 0 heterocycles. The molecule has 0 bridgehead atoms. The normalized spacial score (nSPS) is 11.2. The van der Waals surface area contributed by atoms with Crippen molar-refractivity contribution in [3.8, 4) is 0 Å². The van der Waals surface area contributed by atoms with E-state index in [1.165, 1.54) is 0 Å². The molecule has 0 amide bonds. The maximum absolute atomic E-state index is 11.9. The highest BCUT2D eigenvalue weighted by Gasteiger charge is 2.15. The van der Waals surface area contributed by atoms with Crippen LogP contribution in [0, 0.1) is 0 Å². The van der Waals surface area contributed by atoms with E-state index >= 15 is 0 Å². The first-order valence-electron chi connectivity index (χ1n) is 6.46. The highest BCUT2D eigenvalue weighted by molar-refractivity contribution is 6.45. The summed E-state index contributed by atoms with van der Waals surface area (Å²) in [6, 6.07) is 13.6.